The summed E-state index contributed by atoms with van der Waals surface area (Å²) in [6.45, 7) is 0. The van der Waals surface area contributed by atoms with E-state index < -0.39 is 10.0 Å². The van der Waals surface area contributed by atoms with Crippen LogP contribution in [0, 0.1) is 0 Å². The zero-order chi connectivity index (χ0) is 17.3. The third kappa shape index (κ3) is 2.94. The van der Waals surface area contributed by atoms with Gasteiger partial charge in [0.25, 0.3) is 10.0 Å². The maximum Gasteiger partial charge on any atom is 0.265 e. The van der Waals surface area contributed by atoms with Gasteiger partial charge in [-0.25, -0.2) is 8.42 Å². The number of aryl methyl sites for hydroxylation is 1. The van der Waals surface area contributed by atoms with Crippen LogP contribution in [0.1, 0.15) is 12.0 Å². The van der Waals surface area contributed by atoms with Gasteiger partial charge in [-0.2, -0.15) is 0 Å². The third-order valence-corrected chi connectivity index (χ3v) is 5.45. The molecule has 6 nitrogen and oxygen atoms in total. The van der Waals surface area contributed by atoms with Crippen molar-refractivity contribution in [2.45, 2.75) is 17.7 Å². The number of anilines is 2. The Morgan fingerprint density at radius 1 is 1.12 bits per heavy atom. The second kappa shape index (κ2) is 6.16. The van der Waals surface area contributed by atoms with Gasteiger partial charge in [-0.1, -0.05) is 12.1 Å². The van der Waals surface area contributed by atoms with Crippen LogP contribution < -0.4 is 14.4 Å². The number of ether oxygens (including phenoxy) is 1. The lowest BCUT2D eigenvalue weighted by Crippen LogP contribution is -2.31. The molecule has 2 aromatic carbocycles. The van der Waals surface area contributed by atoms with E-state index in [1.807, 2.05) is 0 Å². The van der Waals surface area contributed by atoms with Gasteiger partial charge >= 0.3 is 0 Å². The summed E-state index contributed by atoms with van der Waals surface area (Å²) in [5, 5.41) is 0. The van der Waals surface area contributed by atoms with Crippen molar-refractivity contribution in [3.8, 4) is 5.75 Å². The molecule has 0 bridgehead atoms. The number of rotatable bonds is 4. The van der Waals surface area contributed by atoms with Crippen molar-refractivity contribution in [1.82, 2.24) is 0 Å². The third-order valence-electron chi connectivity index (χ3n) is 4.03. The Labute approximate surface area is 141 Å². The average Bonchev–Trinajstić information content (AvgIpc) is 2.58. The Kier molecular flexibility index (Phi) is 4.19. The number of hydrogen-bond acceptors (Lipinski definition) is 4. The molecule has 0 unspecified atom stereocenters. The first-order chi connectivity index (χ1) is 11.4. The molecule has 0 saturated carbocycles. The van der Waals surface area contributed by atoms with Crippen LogP contribution in [-0.2, 0) is 21.2 Å². The van der Waals surface area contributed by atoms with E-state index in [0.717, 1.165) is 11.3 Å². The quantitative estimate of drug-likeness (QED) is 0.922. The SMILES string of the molecule is COc1ccccc1S(=O)(=O)Nc1ccc2c(c1)CCC(=O)N2C. The number of carbonyl (C=O) groups excluding carboxylic acids is 1. The molecule has 24 heavy (non-hydrogen) atoms. The van der Waals surface area contributed by atoms with E-state index in [4.69, 9.17) is 4.74 Å². The number of carbonyl (C=O) groups is 1. The summed E-state index contributed by atoms with van der Waals surface area (Å²) in [5.41, 5.74) is 2.21. The van der Waals surface area contributed by atoms with Crippen LogP contribution in [0.15, 0.2) is 47.4 Å². The number of hydrogen-bond donors (Lipinski definition) is 1. The zero-order valence-electron chi connectivity index (χ0n) is 13.4. The van der Waals surface area contributed by atoms with Crippen LogP contribution in [0.3, 0.4) is 0 Å². The number of methoxy groups -OCH3 is 1. The summed E-state index contributed by atoms with van der Waals surface area (Å²) in [6, 6.07) is 11.6. The monoisotopic (exact) mass is 346 g/mol. The first kappa shape index (κ1) is 16.3. The molecular formula is C17H18N2O4S. The molecule has 0 atom stereocenters. The summed E-state index contributed by atoms with van der Waals surface area (Å²) in [6.07, 6.45) is 1.02. The Morgan fingerprint density at radius 3 is 2.62 bits per heavy atom. The number of sulfonamides is 1. The minimum Gasteiger partial charge on any atom is -0.495 e. The van der Waals surface area contributed by atoms with Gasteiger partial charge in [0.2, 0.25) is 5.91 Å². The number of para-hydroxylation sites is 1. The van der Waals surface area contributed by atoms with Crippen LogP contribution in [0.5, 0.6) is 5.75 Å². The van der Waals surface area contributed by atoms with Gasteiger partial charge in [-0.05, 0) is 42.3 Å². The van der Waals surface area contributed by atoms with Crippen LogP contribution in [-0.4, -0.2) is 28.5 Å². The molecule has 2 aromatic rings. The van der Waals surface area contributed by atoms with Crippen LogP contribution >= 0.6 is 0 Å². The lowest BCUT2D eigenvalue weighted by molar-refractivity contribution is -0.118. The fraction of sp³-hybridized carbons (Fsp3) is 0.235. The summed E-state index contributed by atoms with van der Waals surface area (Å²) in [4.78, 5) is 13.4. The zero-order valence-corrected chi connectivity index (χ0v) is 14.3. The van der Waals surface area contributed by atoms with Gasteiger partial charge in [0.05, 0.1) is 7.11 Å². The second-order valence-corrected chi connectivity index (χ2v) is 7.20. The fourth-order valence-electron chi connectivity index (χ4n) is 2.77. The normalized spacial score (nSPS) is 14.2. The smallest absolute Gasteiger partial charge is 0.265 e. The van der Waals surface area contributed by atoms with Gasteiger partial charge in [0.1, 0.15) is 10.6 Å². The van der Waals surface area contributed by atoms with Crippen molar-refractivity contribution >= 4 is 27.3 Å². The summed E-state index contributed by atoms with van der Waals surface area (Å²) in [7, 11) is -0.611. The molecule has 7 heteroatoms. The summed E-state index contributed by atoms with van der Waals surface area (Å²) >= 11 is 0. The number of benzene rings is 2. The topological polar surface area (TPSA) is 75.7 Å². The molecule has 0 aromatic heterocycles. The minimum absolute atomic E-state index is 0.0600. The molecule has 1 amide bonds. The predicted octanol–water partition coefficient (Wildman–Crippen LogP) is 2.41. The number of nitrogens with one attached hydrogen (secondary N) is 1. The first-order valence-corrected chi connectivity index (χ1v) is 8.96. The molecule has 0 saturated heterocycles. The molecule has 0 aliphatic carbocycles. The Hall–Kier alpha value is -2.54. The van der Waals surface area contributed by atoms with Crippen molar-refractivity contribution in [1.29, 1.82) is 0 Å². The van der Waals surface area contributed by atoms with Crippen molar-refractivity contribution in [2.24, 2.45) is 0 Å². The molecule has 1 aliphatic rings. The van der Waals surface area contributed by atoms with Gasteiger partial charge in [0, 0.05) is 24.8 Å². The highest BCUT2D eigenvalue weighted by molar-refractivity contribution is 7.92. The molecule has 0 fully saturated rings. The fourth-order valence-corrected chi connectivity index (χ4v) is 3.99. The molecule has 1 heterocycles. The lowest BCUT2D eigenvalue weighted by Gasteiger charge is -2.26. The van der Waals surface area contributed by atoms with Crippen molar-refractivity contribution in [3.63, 3.8) is 0 Å². The Balaban J connectivity index is 1.93. The van der Waals surface area contributed by atoms with Gasteiger partial charge < -0.3 is 9.64 Å². The molecule has 126 valence electrons. The van der Waals surface area contributed by atoms with E-state index in [1.54, 1.807) is 48.3 Å². The molecule has 0 radical (unpaired) electrons. The molecular weight excluding hydrogens is 328 g/mol. The highest BCUT2D eigenvalue weighted by Gasteiger charge is 2.23. The average molecular weight is 346 g/mol. The second-order valence-electron chi connectivity index (χ2n) is 5.55. The van der Waals surface area contributed by atoms with E-state index in [1.165, 1.54) is 13.2 Å². The molecule has 0 spiro atoms. The van der Waals surface area contributed by atoms with E-state index >= 15 is 0 Å². The van der Waals surface area contributed by atoms with Crippen molar-refractivity contribution < 1.29 is 17.9 Å². The molecule has 3 rings (SSSR count). The number of fused-ring (bicyclic) bond motifs is 1. The molecule has 1 N–H and O–H groups in total. The lowest BCUT2D eigenvalue weighted by atomic mass is 10.0. The standard InChI is InChI=1S/C17H18N2O4S/c1-19-14-9-8-13(11-12(14)7-10-17(19)20)18-24(21,22)16-6-4-3-5-15(16)23-2/h3-6,8-9,11,18H,7,10H2,1-2H3. The maximum atomic E-state index is 12.6. The van der Waals surface area contributed by atoms with Crippen molar-refractivity contribution in [3.05, 3.63) is 48.0 Å². The van der Waals surface area contributed by atoms with Gasteiger partial charge in [-0.15, -0.1) is 0 Å². The number of amides is 1. The van der Waals surface area contributed by atoms with Gasteiger partial charge in [0.15, 0.2) is 0 Å². The Morgan fingerprint density at radius 2 is 1.88 bits per heavy atom. The largest absolute Gasteiger partial charge is 0.495 e. The number of nitrogens with zero attached hydrogens (tertiary/aromatic N) is 1. The van der Waals surface area contributed by atoms with Crippen LogP contribution in [0.4, 0.5) is 11.4 Å². The predicted molar refractivity (Wildman–Crippen MR) is 92.0 cm³/mol. The summed E-state index contributed by atoms with van der Waals surface area (Å²) in [5.74, 6) is 0.346. The van der Waals surface area contributed by atoms with Gasteiger partial charge in [-0.3, -0.25) is 9.52 Å². The summed E-state index contributed by atoms with van der Waals surface area (Å²) < 4.78 is 32.9. The van der Waals surface area contributed by atoms with Crippen molar-refractivity contribution in [2.75, 3.05) is 23.8 Å². The van der Waals surface area contributed by atoms with E-state index in [2.05, 4.69) is 4.72 Å². The minimum atomic E-state index is -3.76. The van der Waals surface area contributed by atoms with Crippen LogP contribution in [0.25, 0.3) is 0 Å². The van der Waals surface area contributed by atoms with Crippen LogP contribution in [0.2, 0.25) is 0 Å². The van der Waals surface area contributed by atoms with E-state index in [-0.39, 0.29) is 16.6 Å². The molecule has 1 aliphatic heterocycles. The van der Waals surface area contributed by atoms with E-state index in [9.17, 15) is 13.2 Å². The maximum absolute atomic E-state index is 12.6. The Bertz CT molecular complexity index is 893. The highest BCUT2D eigenvalue weighted by atomic mass is 32.2. The van der Waals surface area contributed by atoms with E-state index in [0.29, 0.717) is 18.5 Å². The first-order valence-electron chi connectivity index (χ1n) is 7.47. The highest BCUT2D eigenvalue weighted by Crippen LogP contribution is 2.31.